The van der Waals surface area contributed by atoms with Crippen molar-refractivity contribution in [3.8, 4) is 0 Å². The maximum absolute atomic E-state index is 13.8. The van der Waals surface area contributed by atoms with E-state index in [4.69, 9.17) is 23.2 Å². The Balaban J connectivity index is 1.28. The average Bonchev–Trinajstić information content (AvgIpc) is 3.58. The van der Waals surface area contributed by atoms with Crippen LogP contribution in [0, 0.1) is 11.8 Å². The number of carbonyl (C=O) groups is 4. The van der Waals surface area contributed by atoms with E-state index < -0.39 is 29.0 Å². The van der Waals surface area contributed by atoms with E-state index in [1.165, 1.54) is 12.1 Å². The van der Waals surface area contributed by atoms with Gasteiger partial charge >= 0.3 is 11.9 Å². The van der Waals surface area contributed by atoms with Crippen molar-refractivity contribution in [2.24, 2.45) is 11.8 Å². The highest BCUT2D eigenvalue weighted by molar-refractivity contribution is 7.91. The van der Waals surface area contributed by atoms with Crippen LogP contribution in [0.25, 0.3) is 0 Å². The molecule has 4 unspecified atom stereocenters. The van der Waals surface area contributed by atoms with Crippen LogP contribution in [-0.2, 0) is 30.4 Å². The number of carbonyl (C=O) groups excluding carboxylic acids is 2. The van der Waals surface area contributed by atoms with Crippen LogP contribution < -0.4 is 5.32 Å². The fraction of sp³-hybridized carbons (Fsp3) is 0.412. The number of aliphatic carboxylic acids is 2. The summed E-state index contributed by atoms with van der Waals surface area (Å²) in [4.78, 5) is 55.9. The van der Waals surface area contributed by atoms with Gasteiger partial charge in [0.2, 0.25) is 5.91 Å². The van der Waals surface area contributed by atoms with Crippen molar-refractivity contribution >= 4 is 58.0 Å². The number of rotatable bonds is 9. The highest BCUT2D eigenvalue weighted by Gasteiger charge is 2.44. The van der Waals surface area contributed by atoms with Gasteiger partial charge in [0.1, 0.15) is 5.78 Å². The second kappa shape index (κ2) is 14.0. The summed E-state index contributed by atoms with van der Waals surface area (Å²) >= 11 is 11.4. The Labute approximate surface area is 285 Å². The van der Waals surface area contributed by atoms with Gasteiger partial charge in [0, 0.05) is 66.4 Å². The number of Topliss-reactive ketones (excluding diaryl/α,β-unsaturated/α-hetero) is 1. The molecule has 6 rings (SSSR count). The van der Waals surface area contributed by atoms with Crippen LogP contribution in [0.2, 0.25) is 10.0 Å². The zero-order valence-corrected chi connectivity index (χ0v) is 27.8. The van der Waals surface area contributed by atoms with Gasteiger partial charge in [0.15, 0.2) is 10.6 Å². The summed E-state index contributed by atoms with van der Waals surface area (Å²) < 4.78 is 13.4. The lowest BCUT2D eigenvalue weighted by Crippen LogP contribution is -2.52. The van der Waals surface area contributed by atoms with Crippen molar-refractivity contribution in [1.82, 2.24) is 15.1 Å². The average molecular weight is 701 g/mol. The minimum atomic E-state index is -1.70. The van der Waals surface area contributed by atoms with Crippen molar-refractivity contribution in [3.63, 3.8) is 0 Å². The van der Waals surface area contributed by atoms with Crippen LogP contribution in [0.4, 0.5) is 0 Å². The van der Waals surface area contributed by atoms with E-state index in [0.29, 0.717) is 67.6 Å². The predicted molar refractivity (Wildman–Crippen MR) is 176 cm³/mol. The van der Waals surface area contributed by atoms with Crippen LogP contribution in [0.1, 0.15) is 43.6 Å². The second-order valence-corrected chi connectivity index (χ2v) is 14.8. The van der Waals surface area contributed by atoms with Gasteiger partial charge in [0.25, 0.3) is 0 Å². The smallest absolute Gasteiger partial charge is 0.334 e. The van der Waals surface area contributed by atoms with Gasteiger partial charge in [-0.25, -0.2) is 9.59 Å². The van der Waals surface area contributed by atoms with Gasteiger partial charge in [-0.1, -0.05) is 47.5 Å². The molecule has 13 heteroatoms. The van der Waals surface area contributed by atoms with Gasteiger partial charge in [-0.05, 0) is 60.1 Å². The van der Waals surface area contributed by atoms with Crippen molar-refractivity contribution in [2.45, 2.75) is 49.0 Å². The van der Waals surface area contributed by atoms with Gasteiger partial charge in [-0.2, -0.15) is 0 Å². The standard InChI is InChI=1S/C34H35Cl2N3O7S/c35-24-7-4-8-25(36)29(24)32-30(33(42)43)26(37-27(31(32)34(44)45)18-47(46)23-5-2-1-3-6-23)17-28(41)39-11-9-38(10-12-39)21-13-19-15-22(40)16-20(19)14-21/h1-8,19-21,32,37H,9-18H2,(H,42,43)(H,44,45). The zero-order valence-electron chi connectivity index (χ0n) is 25.5. The third-order valence-corrected chi connectivity index (χ3v) is 11.9. The molecule has 3 fully saturated rings. The minimum Gasteiger partial charge on any atom is -0.611 e. The minimum absolute atomic E-state index is 0.00395. The number of fused-ring (bicyclic) bond motifs is 1. The number of nitrogens with zero attached hydrogens (tertiary/aromatic N) is 2. The fourth-order valence-corrected chi connectivity index (χ4v) is 9.41. The fourth-order valence-electron chi connectivity index (χ4n) is 7.68. The quantitative estimate of drug-likeness (QED) is 0.323. The predicted octanol–water partition coefficient (Wildman–Crippen LogP) is 4.46. The molecule has 4 atom stereocenters. The van der Waals surface area contributed by atoms with E-state index in [-0.39, 0.29) is 56.2 Å². The molecule has 4 aliphatic rings. The summed E-state index contributed by atoms with van der Waals surface area (Å²) in [5, 5.41) is 24.0. The van der Waals surface area contributed by atoms with Crippen LogP contribution in [0.3, 0.4) is 0 Å². The number of dihydropyridines is 1. The van der Waals surface area contributed by atoms with E-state index in [2.05, 4.69) is 10.2 Å². The lowest BCUT2D eigenvalue weighted by atomic mass is 9.79. The van der Waals surface area contributed by atoms with Crippen molar-refractivity contribution < 1.29 is 33.9 Å². The number of piperazine rings is 1. The molecule has 0 aromatic heterocycles. The zero-order chi connectivity index (χ0) is 33.4. The van der Waals surface area contributed by atoms with Crippen molar-refractivity contribution in [2.75, 3.05) is 31.9 Å². The van der Waals surface area contributed by atoms with Crippen molar-refractivity contribution in [3.05, 3.63) is 86.7 Å². The first-order valence-corrected chi connectivity index (χ1v) is 17.7. The summed E-state index contributed by atoms with van der Waals surface area (Å²) in [6.45, 7) is 2.26. The lowest BCUT2D eigenvalue weighted by molar-refractivity contribution is -0.133. The van der Waals surface area contributed by atoms with E-state index in [9.17, 15) is 33.9 Å². The molecule has 1 amide bonds. The summed E-state index contributed by atoms with van der Waals surface area (Å²) in [6, 6.07) is 13.4. The molecule has 0 spiro atoms. The van der Waals surface area contributed by atoms with Crippen LogP contribution in [0.5, 0.6) is 0 Å². The Morgan fingerprint density at radius 1 is 0.851 bits per heavy atom. The number of ketones is 1. The molecule has 10 nitrogen and oxygen atoms in total. The third kappa shape index (κ3) is 6.96. The first kappa shape index (κ1) is 33.5. The Hall–Kier alpha value is -3.35. The number of halogens is 2. The highest BCUT2D eigenvalue weighted by atomic mass is 35.5. The molecule has 2 aliphatic carbocycles. The van der Waals surface area contributed by atoms with Crippen LogP contribution >= 0.6 is 23.2 Å². The molecule has 3 N–H and O–H groups in total. The van der Waals surface area contributed by atoms with Gasteiger partial charge in [0.05, 0.1) is 29.2 Å². The summed E-state index contributed by atoms with van der Waals surface area (Å²) in [5.74, 6) is -3.62. The molecule has 2 aromatic carbocycles. The van der Waals surface area contributed by atoms with Crippen LogP contribution in [-0.4, -0.2) is 86.2 Å². The van der Waals surface area contributed by atoms with E-state index in [1.54, 1.807) is 41.3 Å². The molecule has 2 heterocycles. The first-order chi connectivity index (χ1) is 22.5. The molecule has 1 saturated heterocycles. The third-order valence-electron chi connectivity index (χ3n) is 9.87. The summed E-state index contributed by atoms with van der Waals surface area (Å²) in [6.07, 6.45) is 3.01. The number of amides is 1. The Bertz CT molecular complexity index is 1620. The SMILES string of the molecule is O=C1CC2CC(N3CCN(C(=O)CC4=C(C(=O)O)C(c5c(Cl)cccc5Cl)C(C(=O)O)=C(C[S+]([O-])c5ccccc5)N4)CC3)CC2C1. The molecule has 0 bridgehead atoms. The van der Waals surface area contributed by atoms with Gasteiger partial charge < -0.3 is 25.0 Å². The highest BCUT2D eigenvalue weighted by Crippen LogP contribution is 2.46. The monoisotopic (exact) mass is 699 g/mol. The number of nitrogens with one attached hydrogen (secondary N) is 1. The van der Waals surface area contributed by atoms with Crippen LogP contribution in [0.15, 0.2) is 76.0 Å². The number of carboxylic acids is 2. The maximum Gasteiger partial charge on any atom is 0.334 e. The molecule has 248 valence electrons. The molecule has 47 heavy (non-hydrogen) atoms. The summed E-state index contributed by atoms with van der Waals surface area (Å²) in [5.41, 5.74) is -0.607. The Kier molecular flexibility index (Phi) is 10.0. The second-order valence-electron chi connectivity index (χ2n) is 12.6. The number of hydrogen-bond acceptors (Lipinski definition) is 7. The topological polar surface area (TPSA) is 150 Å². The number of benzene rings is 2. The molecule has 2 aliphatic heterocycles. The molecule has 2 aromatic rings. The molecule has 0 radical (unpaired) electrons. The maximum atomic E-state index is 13.8. The molecule has 2 saturated carbocycles. The molecular formula is C34H35Cl2N3O7S. The normalized spacial score (nSPS) is 25.5. The van der Waals surface area contributed by atoms with E-state index in [1.807, 2.05) is 0 Å². The number of hydrogen-bond donors (Lipinski definition) is 3. The lowest BCUT2D eigenvalue weighted by Gasteiger charge is -2.39. The first-order valence-electron chi connectivity index (χ1n) is 15.6. The van der Waals surface area contributed by atoms with Crippen molar-refractivity contribution in [1.29, 1.82) is 0 Å². The Morgan fingerprint density at radius 3 is 2.00 bits per heavy atom. The molecular weight excluding hydrogens is 665 g/mol. The van der Waals surface area contributed by atoms with E-state index >= 15 is 0 Å². The van der Waals surface area contributed by atoms with Gasteiger partial charge in [-0.3, -0.25) is 14.5 Å². The van der Waals surface area contributed by atoms with E-state index in [0.717, 1.165) is 12.8 Å². The largest absolute Gasteiger partial charge is 0.611 e. The number of carboxylic acid groups (broad SMARTS) is 2. The van der Waals surface area contributed by atoms with Gasteiger partial charge in [-0.15, -0.1) is 0 Å². The summed E-state index contributed by atoms with van der Waals surface area (Å²) in [7, 11) is 0. The Morgan fingerprint density at radius 2 is 1.43 bits per heavy atom.